The SMILES string of the molecule is COCC1(CNC(=O)N2CCOC(CN(C)CC(=O)O)C2)CCCCC1. The van der Waals surface area contributed by atoms with Crippen molar-refractivity contribution < 1.29 is 24.2 Å². The van der Waals surface area contributed by atoms with E-state index in [1.54, 1.807) is 24.0 Å². The summed E-state index contributed by atoms with van der Waals surface area (Å²) in [7, 11) is 3.46. The number of nitrogens with one attached hydrogen (secondary N) is 1. The second-order valence-electron chi connectivity index (χ2n) is 7.68. The van der Waals surface area contributed by atoms with Crippen LogP contribution >= 0.6 is 0 Å². The molecule has 26 heavy (non-hydrogen) atoms. The van der Waals surface area contributed by atoms with E-state index in [0.717, 1.165) is 12.8 Å². The van der Waals surface area contributed by atoms with Gasteiger partial charge in [0.2, 0.25) is 0 Å². The number of aliphatic carboxylic acids is 1. The van der Waals surface area contributed by atoms with Gasteiger partial charge in [-0.25, -0.2) is 4.79 Å². The molecular formula is C18H33N3O5. The fraction of sp³-hybridized carbons (Fsp3) is 0.889. The first kappa shape index (κ1) is 20.9. The summed E-state index contributed by atoms with van der Waals surface area (Å²) in [5.41, 5.74) is 0.0516. The molecule has 1 aliphatic carbocycles. The molecule has 0 radical (unpaired) electrons. The highest BCUT2D eigenvalue weighted by Gasteiger charge is 2.33. The van der Waals surface area contributed by atoms with E-state index in [0.29, 0.717) is 39.4 Å². The number of carboxylic acid groups (broad SMARTS) is 1. The van der Waals surface area contributed by atoms with Crippen LogP contribution in [0.1, 0.15) is 32.1 Å². The molecule has 1 heterocycles. The summed E-state index contributed by atoms with van der Waals surface area (Å²) in [6.45, 7) is 3.28. The monoisotopic (exact) mass is 371 g/mol. The molecule has 0 aromatic carbocycles. The van der Waals surface area contributed by atoms with Crippen LogP contribution in [-0.2, 0) is 14.3 Å². The van der Waals surface area contributed by atoms with Gasteiger partial charge in [0.05, 0.1) is 25.9 Å². The number of urea groups is 1. The Labute approximate surface area is 155 Å². The van der Waals surface area contributed by atoms with Gasteiger partial charge in [0.15, 0.2) is 0 Å². The normalized spacial score (nSPS) is 23.0. The number of methoxy groups -OCH3 is 1. The zero-order chi connectivity index (χ0) is 19.0. The molecule has 0 aromatic rings. The summed E-state index contributed by atoms with van der Waals surface area (Å²) in [6, 6.07) is -0.0692. The van der Waals surface area contributed by atoms with Crippen LogP contribution in [0.25, 0.3) is 0 Å². The molecular weight excluding hydrogens is 338 g/mol. The third-order valence-corrected chi connectivity index (χ3v) is 5.33. The van der Waals surface area contributed by atoms with Crippen molar-refractivity contribution in [2.24, 2.45) is 5.41 Å². The highest BCUT2D eigenvalue weighted by molar-refractivity contribution is 5.74. The first-order valence-electron chi connectivity index (χ1n) is 9.48. The van der Waals surface area contributed by atoms with E-state index in [2.05, 4.69) is 5.32 Å². The highest BCUT2D eigenvalue weighted by atomic mass is 16.5. The minimum atomic E-state index is -0.867. The van der Waals surface area contributed by atoms with E-state index < -0.39 is 5.97 Å². The van der Waals surface area contributed by atoms with Gasteiger partial charge < -0.3 is 24.8 Å². The molecule has 8 heteroatoms. The number of amides is 2. The Bertz CT molecular complexity index is 462. The Balaban J connectivity index is 1.81. The Hall–Kier alpha value is -1.38. The summed E-state index contributed by atoms with van der Waals surface area (Å²) in [4.78, 5) is 26.9. The lowest BCUT2D eigenvalue weighted by Crippen LogP contribution is -2.54. The molecule has 0 spiro atoms. The first-order chi connectivity index (χ1) is 12.4. The van der Waals surface area contributed by atoms with Gasteiger partial charge in [-0.15, -0.1) is 0 Å². The van der Waals surface area contributed by atoms with Gasteiger partial charge in [0, 0.05) is 38.7 Å². The lowest BCUT2D eigenvalue weighted by Gasteiger charge is -2.38. The number of rotatable bonds is 8. The van der Waals surface area contributed by atoms with Gasteiger partial charge in [0.25, 0.3) is 0 Å². The fourth-order valence-electron chi connectivity index (χ4n) is 4.01. The first-order valence-corrected chi connectivity index (χ1v) is 9.48. The van der Waals surface area contributed by atoms with Crippen LogP contribution in [0.5, 0.6) is 0 Å². The molecule has 1 atom stereocenters. The van der Waals surface area contributed by atoms with Gasteiger partial charge in [-0.1, -0.05) is 19.3 Å². The van der Waals surface area contributed by atoms with Gasteiger partial charge in [-0.05, 0) is 19.9 Å². The average Bonchev–Trinajstić information content (AvgIpc) is 2.60. The summed E-state index contributed by atoms with van der Waals surface area (Å²) >= 11 is 0. The second-order valence-corrected chi connectivity index (χ2v) is 7.68. The van der Waals surface area contributed by atoms with Crippen molar-refractivity contribution in [1.29, 1.82) is 0 Å². The standard InChI is InChI=1S/C18H33N3O5/c1-20(12-16(22)23)10-15-11-21(8-9-26-15)17(24)19-13-18(14-25-2)6-4-3-5-7-18/h15H,3-14H2,1-2H3,(H,19,24)(H,22,23). The molecule has 150 valence electrons. The van der Waals surface area contributed by atoms with Gasteiger partial charge >= 0.3 is 12.0 Å². The lowest BCUT2D eigenvalue weighted by atomic mass is 9.74. The number of nitrogens with zero attached hydrogens (tertiary/aromatic N) is 2. The van der Waals surface area contributed by atoms with Crippen LogP contribution in [-0.4, -0.2) is 93.1 Å². The molecule has 1 saturated carbocycles. The minimum Gasteiger partial charge on any atom is -0.480 e. The van der Waals surface area contributed by atoms with Crippen molar-refractivity contribution in [2.75, 3.05) is 60.1 Å². The topological polar surface area (TPSA) is 91.3 Å². The third-order valence-electron chi connectivity index (χ3n) is 5.33. The number of hydrogen-bond acceptors (Lipinski definition) is 5. The van der Waals surface area contributed by atoms with E-state index in [1.807, 2.05) is 0 Å². The number of likely N-dealkylation sites (N-methyl/N-ethyl adjacent to an activating group) is 1. The van der Waals surface area contributed by atoms with Gasteiger partial charge in [0.1, 0.15) is 0 Å². The number of hydrogen-bond donors (Lipinski definition) is 2. The molecule has 2 amide bonds. The smallest absolute Gasteiger partial charge is 0.317 e. The Morgan fingerprint density at radius 3 is 2.73 bits per heavy atom. The zero-order valence-corrected chi connectivity index (χ0v) is 16.0. The zero-order valence-electron chi connectivity index (χ0n) is 16.0. The van der Waals surface area contributed by atoms with E-state index >= 15 is 0 Å². The average molecular weight is 371 g/mol. The maximum absolute atomic E-state index is 12.6. The molecule has 0 bridgehead atoms. The molecule has 1 saturated heterocycles. The molecule has 2 N–H and O–H groups in total. The lowest BCUT2D eigenvalue weighted by molar-refractivity contribution is -0.138. The predicted octanol–water partition coefficient (Wildman–Crippen LogP) is 1.01. The number of carbonyl (C=O) groups excluding carboxylic acids is 1. The van der Waals surface area contributed by atoms with Crippen molar-refractivity contribution in [2.45, 2.75) is 38.2 Å². The van der Waals surface area contributed by atoms with E-state index in [-0.39, 0.29) is 24.1 Å². The largest absolute Gasteiger partial charge is 0.480 e. The fourth-order valence-corrected chi connectivity index (χ4v) is 4.01. The Morgan fingerprint density at radius 2 is 2.08 bits per heavy atom. The highest BCUT2D eigenvalue weighted by Crippen LogP contribution is 2.36. The van der Waals surface area contributed by atoms with Crippen LogP contribution in [0.2, 0.25) is 0 Å². The van der Waals surface area contributed by atoms with Crippen LogP contribution < -0.4 is 5.32 Å². The van der Waals surface area contributed by atoms with Gasteiger partial charge in [-0.3, -0.25) is 9.69 Å². The van der Waals surface area contributed by atoms with Crippen LogP contribution in [0, 0.1) is 5.41 Å². The number of carboxylic acids is 1. The summed E-state index contributed by atoms with van der Waals surface area (Å²) in [5, 5.41) is 11.9. The van der Waals surface area contributed by atoms with Crippen LogP contribution in [0.3, 0.4) is 0 Å². The summed E-state index contributed by atoms with van der Waals surface area (Å²) in [5.74, 6) is -0.867. The molecule has 0 aromatic heterocycles. The predicted molar refractivity (Wildman–Crippen MR) is 97.2 cm³/mol. The van der Waals surface area contributed by atoms with E-state index in [4.69, 9.17) is 14.6 Å². The summed E-state index contributed by atoms with van der Waals surface area (Å²) < 4.78 is 11.1. The summed E-state index contributed by atoms with van der Waals surface area (Å²) in [6.07, 6.45) is 5.65. The third kappa shape index (κ3) is 6.41. The van der Waals surface area contributed by atoms with E-state index in [1.165, 1.54) is 19.3 Å². The minimum absolute atomic E-state index is 0.0361. The molecule has 1 unspecified atom stereocenters. The van der Waals surface area contributed by atoms with Crippen molar-refractivity contribution in [3.8, 4) is 0 Å². The van der Waals surface area contributed by atoms with Crippen LogP contribution in [0.4, 0.5) is 4.79 Å². The Kier molecular flexibility index (Phi) is 8.12. The van der Waals surface area contributed by atoms with Crippen LogP contribution in [0.15, 0.2) is 0 Å². The van der Waals surface area contributed by atoms with Crippen molar-refractivity contribution in [3.63, 3.8) is 0 Å². The maximum Gasteiger partial charge on any atom is 0.317 e. The maximum atomic E-state index is 12.6. The van der Waals surface area contributed by atoms with Crippen molar-refractivity contribution >= 4 is 12.0 Å². The quantitative estimate of drug-likeness (QED) is 0.662. The van der Waals surface area contributed by atoms with Crippen molar-refractivity contribution in [1.82, 2.24) is 15.1 Å². The molecule has 2 rings (SSSR count). The Morgan fingerprint density at radius 1 is 1.35 bits per heavy atom. The number of carbonyl (C=O) groups is 2. The number of ether oxygens (including phenoxy) is 2. The molecule has 1 aliphatic heterocycles. The van der Waals surface area contributed by atoms with Gasteiger partial charge in [-0.2, -0.15) is 0 Å². The number of morpholine rings is 1. The van der Waals surface area contributed by atoms with Crippen molar-refractivity contribution in [3.05, 3.63) is 0 Å². The van der Waals surface area contributed by atoms with E-state index in [9.17, 15) is 9.59 Å². The molecule has 2 aliphatic rings. The molecule has 8 nitrogen and oxygen atoms in total. The second kappa shape index (κ2) is 10.1. The molecule has 2 fully saturated rings.